The van der Waals surface area contributed by atoms with Crippen LogP contribution in [0.15, 0.2) is 10.6 Å². The number of aryl methyl sites for hydroxylation is 1. The molecule has 0 unspecified atom stereocenters. The Kier molecular flexibility index (Phi) is 4.39. The number of aromatic nitrogens is 2. The third-order valence-electron chi connectivity index (χ3n) is 2.65. The zero-order valence-corrected chi connectivity index (χ0v) is 12.4. The van der Waals surface area contributed by atoms with Gasteiger partial charge in [-0.3, -0.25) is 0 Å². The molecule has 6 nitrogen and oxygen atoms in total. The van der Waals surface area contributed by atoms with Gasteiger partial charge in [0.2, 0.25) is 11.7 Å². The Hall–Kier alpha value is -1.89. The SMILES string of the molecule is CCc1nc(COc2cc(C(C)C)sc2C(=O)O)no1. The van der Waals surface area contributed by atoms with E-state index in [0.29, 0.717) is 23.9 Å². The maximum absolute atomic E-state index is 11.2. The molecule has 0 saturated carbocycles. The summed E-state index contributed by atoms with van der Waals surface area (Å²) >= 11 is 1.23. The van der Waals surface area contributed by atoms with Crippen molar-refractivity contribution in [3.8, 4) is 5.75 Å². The van der Waals surface area contributed by atoms with Gasteiger partial charge in [0.1, 0.15) is 5.75 Å². The predicted molar refractivity (Wildman–Crippen MR) is 73.4 cm³/mol. The van der Waals surface area contributed by atoms with E-state index >= 15 is 0 Å². The molecule has 0 aliphatic rings. The molecule has 0 saturated heterocycles. The summed E-state index contributed by atoms with van der Waals surface area (Å²) in [6.07, 6.45) is 0.656. The molecule has 0 spiro atoms. The minimum atomic E-state index is -0.987. The first kappa shape index (κ1) is 14.5. The lowest BCUT2D eigenvalue weighted by atomic mass is 10.2. The molecule has 0 aliphatic carbocycles. The van der Waals surface area contributed by atoms with Crippen LogP contribution in [-0.2, 0) is 13.0 Å². The van der Waals surface area contributed by atoms with E-state index in [9.17, 15) is 9.90 Å². The van der Waals surface area contributed by atoms with Crippen molar-refractivity contribution in [3.63, 3.8) is 0 Å². The summed E-state index contributed by atoms with van der Waals surface area (Å²) in [5.41, 5.74) is 0. The van der Waals surface area contributed by atoms with E-state index in [4.69, 9.17) is 9.26 Å². The van der Waals surface area contributed by atoms with Crippen LogP contribution in [0.4, 0.5) is 0 Å². The Morgan fingerprint density at radius 3 is 2.85 bits per heavy atom. The predicted octanol–water partition coefficient (Wildman–Crippen LogP) is 3.09. The van der Waals surface area contributed by atoms with E-state index in [0.717, 1.165) is 4.88 Å². The van der Waals surface area contributed by atoms with Gasteiger partial charge in [0, 0.05) is 11.3 Å². The number of thiophene rings is 1. The van der Waals surface area contributed by atoms with E-state index in [1.165, 1.54) is 11.3 Å². The summed E-state index contributed by atoms with van der Waals surface area (Å²) in [4.78, 5) is 16.5. The fourth-order valence-electron chi connectivity index (χ4n) is 1.57. The van der Waals surface area contributed by atoms with E-state index in [1.807, 2.05) is 20.8 Å². The van der Waals surface area contributed by atoms with Crippen LogP contribution in [0.3, 0.4) is 0 Å². The van der Waals surface area contributed by atoms with E-state index in [-0.39, 0.29) is 17.4 Å². The number of aromatic carboxylic acids is 1. The Labute approximate surface area is 120 Å². The largest absolute Gasteiger partial charge is 0.484 e. The molecular formula is C13H16N2O4S. The molecule has 0 aromatic carbocycles. The molecule has 7 heteroatoms. The van der Waals surface area contributed by atoms with Crippen LogP contribution in [0.1, 0.15) is 53.0 Å². The molecule has 0 aliphatic heterocycles. The molecule has 1 N–H and O–H groups in total. The number of carbonyl (C=O) groups is 1. The highest BCUT2D eigenvalue weighted by atomic mass is 32.1. The molecule has 0 bridgehead atoms. The normalized spacial score (nSPS) is 11.0. The molecule has 20 heavy (non-hydrogen) atoms. The van der Waals surface area contributed by atoms with E-state index in [1.54, 1.807) is 6.07 Å². The van der Waals surface area contributed by atoms with Gasteiger partial charge >= 0.3 is 5.97 Å². The van der Waals surface area contributed by atoms with Crippen LogP contribution < -0.4 is 4.74 Å². The lowest BCUT2D eigenvalue weighted by molar-refractivity contribution is 0.0697. The fraction of sp³-hybridized carbons (Fsp3) is 0.462. The average Bonchev–Trinajstić information content (AvgIpc) is 3.02. The van der Waals surface area contributed by atoms with E-state index in [2.05, 4.69) is 10.1 Å². The summed E-state index contributed by atoms with van der Waals surface area (Å²) in [7, 11) is 0. The van der Waals surface area contributed by atoms with Gasteiger partial charge in [-0.1, -0.05) is 25.9 Å². The number of hydrogen-bond donors (Lipinski definition) is 1. The minimum absolute atomic E-state index is 0.0953. The third-order valence-corrected chi connectivity index (χ3v) is 4.05. The average molecular weight is 296 g/mol. The summed E-state index contributed by atoms with van der Waals surface area (Å²) in [6.45, 7) is 6.02. The molecule has 2 rings (SSSR count). The lowest BCUT2D eigenvalue weighted by Gasteiger charge is -2.01. The van der Waals surface area contributed by atoms with Gasteiger partial charge in [0.15, 0.2) is 11.5 Å². The van der Waals surface area contributed by atoms with Crippen LogP contribution in [0.2, 0.25) is 0 Å². The molecule has 2 aromatic heterocycles. The number of carboxylic acid groups (broad SMARTS) is 1. The first-order valence-corrected chi connectivity index (χ1v) is 7.14. The molecular weight excluding hydrogens is 280 g/mol. The Morgan fingerprint density at radius 1 is 1.55 bits per heavy atom. The maximum atomic E-state index is 11.2. The molecule has 108 valence electrons. The monoisotopic (exact) mass is 296 g/mol. The first-order chi connectivity index (χ1) is 9.51. The van der Waals surface area contributed by atoms with Gasteiger partial charge in [-0.25, -0.2) is 4.79 Å². The van der Waals surface area contributed by atoms with Crippen molar-refractivity contribution < 1.29 is 19.2 Å². The molecule has 0 amide bonds. The highest BCUT2D eigenvalue weighted by Gasteiger charge is 2.19. The van der Waals surface area contributed by atoms with Crippen molar-refractivity contribution in [2.45, 2.75) is 39.7 Å². The molecule has 0 fully saturated rings. The van der Waals surface area contributed by atoms with Gasteiger partial charge in [-0.15, -0.1) is 11.3 Å². The summed E-state index contributed by atoms with van der Waals surface area (Å²) in [5.74, 6) is 0.575. The van der Waals surface area contributed by atoms with Gasteiger partial charge in [0.25, 0.3) is 0 Å². The minimum Gasteiger partial charge on any atom is -0.484 e. The van der Waals surface area contributed by atoms with Gasteiger partial charge < -0.3 is 14.4 Å². The smallest absolute Gasteiger partial charge is 0.349 e. The molecule has 2 aromatic rings. The van der Waals surface area contributed by atoms with Crippen molar-refractivity contribution in [3.05, 3.63) is 27.5 Å². The second kappa shape index (κ2) is 6.04. The zero-order chi connectivity index (χ0) is 14.7. The quantitative estimate of drug-likeness (QED) is 0.881. The zero-order valence-electron chi connectivity index (χ0n) is 11.5. The van der Waals surface area contributed by atoms with Gasteiger partial charge in [-0.2, -0.15) is 4.98 Å². The van der Waals surface area contributed by atoms with Crippen molar-refractivity contribution >= 4 is 17.3 Å². The topological polar surface area (TPSA) is 85.5 Å². The lowest BCUT2D eigenvalue weighted by Crippen LogP contribution is -2.01. The van der Waals surface area contributed by atoms with Crippen molar-refractivity contribution in [1.29, 1.82) is 0 Å². The van der Waals surface area contributed by atoms with Gasteiger partial charge in [0.05, 0.1) is 0 Å². The number of ether oxygens (including phenoxy) is 1. The molecule has 0 radical (unpaired) electrons. The standard InChI is InChI=1S/C13H16N2O4S/c1-4-11-14-10(15-19-11)6-18-8-5-9(7(2)3)20-12(8)13(16)17/h5,7H,4,6H2,1-3H3,(H,16,17). The third kappa shape index (κ3) is 3.16. The van der Waals surface area contributed by atoms with Crippen molar-refractivity contribution in [1.82, 2.24) is 10.1 Å². The highest BCUT2D eigenvalue weighted by molar-refractivity contribution is 7.14. The number of rotatable bonds is 6. The number of carboxylic acids is 1. The van der Waals surface area contributed by atoms with Crippen molar-refractivity contribution in [2.24, 2.45) is 0 Å². The Bertz CT molecular complexity index is 603. The molecule has 2 heterocycles. The fourth-order valence-corrected chi connectivity index (χ4v) is 2.51. The van der Waals surface area contributed by atoms with Crippen LogP contribution in [-0.4, -0.2) is 21.2 Å². The van der Waals surface area contributed by atoms with Crippen LogP contribution in [0, 0.1) is 0 Å². The number of hydrogen-bond acceptors (Lipinski definition) is 6. The summed E-state index contributed by atoms with van der Waals surface area (Å²) in [6, 6.07) is 1.76. The van der Waals surface area contributed by atoms with Crippen LogP contribution >= 0.6 is 11.3 Å². The Morgan fingerprint density at radius 2 is 2.30 bits per heavy atom. The van der Waals surface area contributed by atoms with E-state index < -0.39 is 5.97 Å². The van der Waals surface area contributed by atoms with Crippen LogP contribution in [0.5, 0.6) is 5.75 Å². The Balaban J connectivity index is 2.13. The second-order valence-corrected chi connectivity index (χ2v) is 5.63. The van der Waals surface area contributed by atoms with Crippen LogP contribution in [0.25, 0.3) is 0 Å². The summed E-state index contributed by atoms with van der Waals surface area (Å²) < 4.78 is 10.5. The second-order valence-electron chi connectivity index (χ2n) is 4.55. The van der Waals surface area contributed by atoms with Crippen molar-refractivity contribution in [2.75, 3.05) is 0 Å². The summed E-state index contributed by atoms with van der Waals surface area (Å²) in [5, 5.41) is 12.9. The maximum Gasteiger partial charge on any atom is 0.349 e. The van der Waals surface area contributed by atoms with Gasteiger partial charge in [-0.05, 0) is 12.0 Å². The number of nitrogens with zero attached hydrogens (tertiary/aromatic N) is 2. The first-order valence-electron chi connectivity index (χ1n) is 6.32. The molecule has 0 atom stereocenters. The highest BCUT2D eigenvalue weighted by Crippen LogP contribution is 2.34.